The number of carbonyl (C=O) groups excluding carboxylic acids is 2. The Hall–Kier alpha value is -1.84. The number of carbonyl (C=O) groups is 2. The van der Waals surface area contributed by atoms with E-state index in [1.54, 1.807) is 0 Å². The molecule has 0 spiro atoms. The van der Waals surface area contributed by atoms with E-state index in [2.05, 4.69) is 10.6 Å². The Bertz CT molecular complexity index is 672. The molecule has 2 atom stereocenters. The van der Waals surface area contributed by atoms with Crippen molar-refractivity contribution in [1.29, 1.82) is 0 Å². The number of hydrogen-bond donors (Lipinski definition) is 2. The molecule has 0 unspecified atom stereocenters. The summed E-state index contributed by atoms with van der Waals surface area (Å²) < 4.78 is 45.3. The Labute approximate surface area is 160 Å². The van der Waals surface area contributed by atoms with E-state index in [9.17, 15) is 22.8 Å². The van der Waals surface area contributed by atoms with Crippen LogP contribution in [0.3, 0.4) is 0 Å². The second-order valence-corrected chi connectivity index (χ2v) is 6.65. The smallest absolute Gasteiger partial charge is 0.375 e. The number of amides is 2. The van der Waals surface area contributed by atoms with E-state index >= 15 is 0 Å². The first-order valence-corrected chi connectivity index (χ1v) is 8.81. The van der Waals surface area contributed by atoms with Gasteiger partial charge < -0.3 is 15.4 Å². The maximum Gasteiger partial charge on any atom is 0.416 e. The molecule has 2 rings (SSSR count). The highest BCUT2D eigenvalue weighted by atomic mass is 35.5. The quantitative estimate of drug-likeness (QED) is 0.680. The lowest BCUT2D eigenvalue weighted by atomic mass is 10.1. The maximum absolute atomic E-state index is 12.7. The molecule has 2 N–H and O–H groups in total. The lowest BCUT2D eigenvalue weighted by Crippen LogP contribution is -2.47. The number of hydrogen-bond acceptors (Lipinski definition) is 4. The van der Waals surface area contributed by atoms with Gasteiger partial charge in [0.1, 0.15) is 0 Å². The molecule has 0 radical (unpaired) electrons. The second-order valence-electron chi connectivity index (χ2n) is 6.17. The Kier molecular flexibility index (Phi) is 7.46. The van der Waals surface area contributed by atoms with Crippen molar-refractivity contribution in [2.75, 3.05) is 26.2 Å². The number of halogens is 4. The summed E-state index contributed by atoms with van der Waals surface area (Å²) in [5.41, 5.74) is -1.10. The Balaban J connectivity index is 1.87. The molecule has 1 aromatic carbocycles. The van der Waals surface area contributed by atoms with Gasteiger partial charge in [0, 0.05) is 25.3 Å². The average molecular weight is 408 g/mol. The molecule has 2 amide bonds. The molecule has 1 fully saturated rings. The molecule has 1 aliphatic rings. The first kappa shape index (κ1) is 21.5. The van der Waals surface area contributed by atoms with E-state index < -0.39 is 23.6 Å². The van der Waals surface area contributed by atoms with Gasteiger partial charge in [0.25, 0.3) is 5.91 Å². The van der Waals surface area contributed by atoms with Gasteiger partial charge in [-0.25, -0.2) is 4.42 Å². The van der Waals surface area contributed by atoms with Crippen LogP contribution < -0.4 is 10.6 Å². The normalized spacial score (nSPS) is 20.5. The summed E-state index contributed by atoms with van der Waals surface area (Å²) in [5.74, 6) is -1.24. The molecule has 1 aliphatic heterocycles. The first-order valence-electron chi connectivity index (χ1n) is 8.48. The van der Waals surface area contributed by atoms with E-state index in [-0.39, 0.29) is 24.3 Å². The number of nitrogens with zero attached hydrogens (tertiary/aromatic N) is 1. The molecule has 1 heterocycles. The van der Waals surface area contributed by atoms with Gasteiger partial charge in [0.05, 0.1) is 24.3 Å². The van der Waals surface area contributed by atoms with Crippen LogP contribution in [0, 0.1) is 0 Å². The van der Waals surface area contributed by atoms with Crippen LogP contribution in [-0.4, -0.2) is 54.6 Å². The van der Waals surface area contributed by atoms with Crippen molar-refractivity contribution >= 4 is 23.6 Å². The number of benzene rings is 1. The highest BCUT2D eigenvalue weighted by Gasteiger charge is 2.34. The largest absolute Gasteiger partial charge is 0.416 e. The van der Waals surface area contributed by atoms with Crippen molar-refractivity contribution in [2.24, 2.45) is 0 Å². The van der Waals surface area contributed by atoms with E-state index in [1.165, 1.54) is 10.5 Å². The fraction of sp³-hybridized carbons (Fsp3) is 0.529. The Morgan fingerprint density at radius 3 is 2.74 bits per heavy atom. The fourth-order valence-electron chi connectivity index (χ4n) is 2.66. The van der Waals surface area contributed by atoms with E-state index in [0.29, 0.717) is 19.7 Å². The molecule has 27 heavy (non-hydrogen) atoms. The first-order chi connectivity index (χ1) is 12.7. The van der Waals surface area contributed by atoms with Gasteiger partial charge in [-0.05, 0) is 36.4 Å². The molecule has 1 aromatic rings. The summed E-state index contributed by atoms with van der Waals surface area (Å²) in [5, 5.41) is 5.04. The summed E-state index contributed by atoms with van der Waals surface area (Å²) in [7, 11) is 0. The van der Waals surface area contributed by atoms with Crippen molar-refractivity contribution in [3.63, 3.8) is 0 Å². The van der Waals surface area contributed by atoms with Gasteiger partial charge >= 0.3 is 6.18 Å². The van der Waals surface area contributed by atoms with Crippen LogP contribution in [-0.2, 0) is 15.7 Å². The van der Waals surface area contributed by atoms with E-state index in [4.69, 9.17) is 16.5 Å². The Morgan fingerprint density at radius 2 is 2.07 bits per heavy atom. The molecule has 0 aromatic heterocycles. The minimum absolute atomic E-state index is 0.172. The van der Waals surface area contributed by atoms with Crippen LogP contribution in [0.25, 0.3) is 0 Å². The van der Waals surface area contributed by atoms with Gasteiger partial charge in [-0.1, -0.05) is 13.0 Å². The monoisotopic (exact) mass is 407 g/mol. The molecule has 0 aliphatic carbocycles. The standard InChI is InChI=1S/C17H21ClF3N3O3/c1-2-6-27-14-10-24(18)9-13(14)23-15(25)8-22-16(26)11-4-3-5-12(7-11)17(19,20)21/h3-5,7,13-14H,2,6,8-10H2,1H3,(H,22,26)(H,23,25)/t13-,14-/m1/s1. The lowest BCUT2D eigenvalue weighted by Gasteiger charge is -2.20. The molecular formula is C17H21ClF3N3O3. The predicted molar refractivity (Wildman–Crippen MR) is 93.2 cm³/mol. The molecular weight excluding hydrogens is 387 g/mol. The van der Waals surface area contributed by atoms with Gasteiger partial charge in [-0.3, -0.25) is 9.59 Å². The molecule has 150 valence electrons. The summed E-state index contributed by atoms with van der Waals surface area (Å²) in [6, 6.07) is 3.68. The van der Waals surface area contributed by atoms with Crippen LogP contribution in [0.4, 0.5) is 13.2 Å². The molecule has 6 nitrogen and oxygen atoms in total. The van der Waals surface area contributed by atoms with Crippen LogP contribution in [0.15, 0.2) is 24.3 Å². The number of alkyl halides is 3. The van der Waals surface area contributed by atoms with Crippen LogP contribution in [0.1, 0.15) is 29.3 Å². The highest BCUT2D eigenvalue weighted by molar-refractivity contribution is 6.13. The summed E-state index contributed by atoms with van der Waals surface area (Å²) >= 11 is 5.96. The zero-order valence-electron chi connectivity index (χ0n) is 14.7. The van der Waals surface area contributed by atoms with Crippen molar-refractivity contribution < 1.29 is 27.5 Å². The summed E-state index contributed by atoms with van der Waals surface area (Å²) in [6.07, 6.45) is -3.98. The van der Waals surface area contributed by atoms with Crippen molar-refractivity contribution in [2.45, 2.75) is 31.7 Å². The summed E-state index contributed by atoms with van der Waals surface area (Å²) in [6.45, 7) is 2.99. The molecule has 0 bridgehead atoms. The molecule has 1 saturated heterocycles. The highest BCUT2D eigenvalue weighted by Crippen LogP contribution is 2.29. The minimum atomic E-state index is -4.54. The zero-order valence-corrected chi connectivity index (χ0v) is 15.4. The summed E-state index contributed by atoms with van der Waals surface area (Å²) in [4.78, 5) is 24.1. The number of ether oxygens (including phenoxy) is 1. The topological polar surface area (TPSA) is 70.7 Å². The molecule has 10 heteroatoms. The van der Waals surface area contributed by atoms with Crippen LogP contribution >= 0.6 is 11.8 Å². The molecule has 0 saturated carbocycles. The average Bonchev–Trinajstić information content (AvgIpc) is 2.96. The van der Waals surface area contributed by atoms with Crippen LogP contribution in [0.5, 0.6) is 0 Å². The van der Waals surface area contributed by atoms with E-state index in [1.807, 2.05) is 6.92 Å². The predicted octanol–water partition coefficient (Wildman–Crippen LogP) is 2.18. The fourth-order valence-corrected chi connectivity index (χ4v) is 2.95. The van der Waals surface area contributed by atoms with E-state index in [0.717, 1.165) is 24.6 Å². The van der Waals surface area contributed by atoms with Gasteiger partial charge in [-0.15, -0.1) is 0 Å². The maximum atomic E-state index is 12.7. The zero-order chi connectivity index (χ0) is 20.0. The van der Waals surface area contributed by atoms with Gasteiger partial charge in [0.2, 0.25) is 5.91 Å². The third kappa shape index (κ3) is 6.37. The minimum Gasteiger partial charge on any atom is -0.375 e. The third-order valence-electron chi connectivity index (χ3n) is 3.97. The Morgan fingerprint density at radius 1 is 1.33 bits per heavy atom. The van der Waals surface area contributed by atoms with Crippen molar-refractivity contribution in [3.05, 3.63) is 35.4 Å². The van der Waals surface area contributed by atoms with Crippen LogP contribution in [0.2, 0.25) is 0 Å². The van der Waals surface area contributed by atoms with Gasteiger partial charge in [-0.2, -0.15) is 13.2 Å². The number of rotatable bonds is 7. The second kappa shape index (κ2) is 9.38. The van der Waals surface area contributed by atoms with Gasteiger partial charge in [0.15, 0.2) is 0 Å². The van der Waals surface area contributed by atoms with Crippen molar-refractivity contribution in [1.82, 2.24) is 15.1 Å². The van der Waals surface area contributed by atoms with Crippen molar-refractivity contribution in [3.8, 4) is 0 Å². The SMILES string of the molecule is CCCO[C@@H]1CN(Cl)C[C@H]1NC(=O)CNC(=O)c1cccc(C(F)(F)F)c1. The lowest BCUT2D eigenvalue weighted by molar-refractivity contribution is -0.137. The number of nitrogens with one attached hydrogen (secondary N) is 2. The third-order valence-corrected chi connectivity index (χ3v) is 4.24.